The second-order valence-corrected chi connectivity index (χ2v) is 10.1. The standard InChI is InChI=1S/C29H33NO5/c1-29(2,16-28(32)33)15-25(31)21-14-23-22-8-6-5-7-20(22)10-11-24(23)30(18-21)17-19-9-12-26(34-3)27(13-19)35-4/h5-13,21H,14-18H2,1-4H3,(H,32,33). The summed E-state index contributed by atoms with van der Waals surface area (Å²) < 4.78 is 10.9. The average Bonchev–Trinajstić information content (AvgIpc) is 2.82. The predicted octanol–water partition coefficient (Wildman–Crippen LogP) is 5.50. The molecular weight excluding hydrogens is 442 g/mol. The fraction of sp³-hybridized carbons (Fsp3) is 0.379. The van der Waals surface area contributed by atoms with Gasteiger partial charge in [-0.25, -0.2) is 0 Å². The maximum absolute atomic E-state index is 13.5. The average molecular weight is 476 g/mol. The first kappa shape index (κ1) is 24.6. The first-order valence-corrected chi connectivity index (χ1v) is 11.9. The van der Waals surface area contributed by atoms with E-state index in [2.05, 4.69) is 29.2 Å². The number of carbonyl (C=O) groups is 2. The van der Waals surface area contributed by atoms with Crippen molar-refractivity contribution in [3.8, 4) is 11.5 Å². The van der Waals surface area contributed by atoms with Gasteiger partial charge in [0.25, 0.3) is 0 Å². The molecule has 0 saturated carbocycles. The van der Waals surface area contributed by atoms with E-state index in [1.807, 2.05) is 44.2 Å². The zero-order chi connectivity index (χ0) is 25.2. The Hall–Kier alpha value is -3.54. The highest BCUT2D eigenvalue weighted by Gasteiger charge is 2.34. The summed E-state index contributed by atoms with van der Waals surface area (Å²) in [5, 5.41) is 11.6. The van der Waals surface area contributed by atoms with Gasteiger partial charge in [0, 0.05) is 31.1 Å². The first-order chi connectivity index (χ1) is 16.7. The van der Waals surface area contributed by atoms with E-state index in [0.29, 0.717) is 31.0 Å². The minimum absolute atomic E-state index is 0.0274. The lowest BCUT2D eigenvalue weighted by atomic mass is 9.78. The molecule has 0 aromatic heterocycles. The molecule has 1 heterocycles. The van der Waals surface area contributed by atoms with E-state index >= 15 is 0 Å². The van der Waals surface area contributed by atoms with Crippen molar-refractivity contribution in [1.82, 2.24) is 0 Å². The van der Waals surface area contributed by atoms with Gasteiger partial charge < -0.3 is 19.5 Å². The largest absolute Gasteiger partial charge is 0.493 e. The zero-order valence-corrected chi connectivity index (χ0v) is 20.8. The molecule has 0 radical (unpaired) electrons. The number of carboxylic acids is 1. The van der Waals surface area contributed by atoms with Crippen LogP contribution in [0.4, 0.5) is 5.69 Å². The minimum Gasteiger partial charge on any atom is -0.493 e. The van der Waals surface area contributed by atoms with E-state index in [-0.39, 0.29) is 24.5 Å². The van der Waals surface area contributed by atoms with Gasteiger partial charge in [-0.05, 0) is 51.9 Å². The molecule has 1 aliphatic rings. The number of ether oxygens (including phenoxy) is 2. The number of Topliss-reactive ketones (excluding diaryl/α,β-unsaturated/α-hetero) is 1. The van der Waals surface area contributed by atoms with E-state index < -0.39 is 11.4 Å². The Bertz CT molecular complexity index is 1250. The molecule has 1 aliphatic heterocycles. The molecule has 35 heavy (non-hydrogen) atoms. The van der Waals surface area contributed by atoms with Crippen molar-refractivity contribution in [2.24, 2.45) is 11.3 Å². The second kappa shape index (κ2) is 9.98. The van der Waals surface area contributed by atoms with Gasteiger partial charge in [-0.15, -0.1) is 0 Å². The van der Waals surface area contributed by atoms with Gasteiger partial charge in [0.1, 0.15) is 5.78 Å². The van der Waals surface area contributed by atoms with Gasteiger partial charge in [-0.2, -0.15) is 0 Å². The number of methoxy groups -OCH3 is 2. The maximum Gasteiger partial charge on any atom is 0.303 e. The number of anilines is 1. The van der Waals surface area contributed by atoms with Crippen LogP contribution in [0, 0.1) is 11.3 Å². The van der Waals surface area contributed by atoms with Gasteiger partial charge in [0.15, 0.2) is 11.5 Å². The molecule has 0 saturated heterocycles. The summed E-state index contributed by atoms with van der Waals surface area (Å²) in [5.41, 5.74) is 2.77. The Morgan fingerprint density at radius 2 is 1.74 bits per heavy atom. The van der Waals surface area contributed by atoms with Crippen molar-refractivity contribution >= 4 is 28.2 Å². The zero-order valence-electron chi connectivity index (χ0n) is 20.8. The van der Waals surface area contributed by atoms with Gasteiger partial charge in [0.2, 0.25) is 0 Å². The summed E-state index contributed by atoms with van der Waals surface area (Å²) in [6, 6.07) is 18.4. The number of carboxylic acid groups (broad SMARTS) is 1. The normalized spacial score (nSPS) is 15.5. The molecule has 6 nitrogen and oxygen atoms in total. The van der Waals surface area contributed by atoms with Crippen LogP contribution < -0.4 is 14.4 Å². The van der Waals surface area contributed by atoms with E-state index in [9.17, 15) is 14.7 Å². The summed E-state index contributed by atoms with van der Waals surface area (Å²) in [5.74, 6) is 0.380. The Balaban J connectivity index is 1.69. The number of hydrogen-bond acceptors (Lipinski definition) is 5. The molecule has 3 aromatic carbocycles. The molecule has 0 bridgehead atoms. The molecule has 6 heteroatoms. The molecule has 1 atom stereocenters. The lowest BCUT2D eigenvalue weighted by Crippen LogP contribution is -2.40. The number of benzene rings is 3. The molecule has 0 aliphatic carbocycles. The molecule has 0 amide bonds. The van der Waals surface area contributed by atoms with Crippen molar-refractivity contribution < 1.29 is 24.2 Å². The van der Waals surface area contributed by atoms with Crippen LogP contribution in [0.15, 0.2) is 54.6 Å². The summed E-state index contributed by atoms with van der Waals surface area (Å²) in [6.07, 6.45) is 0.871. The Kier molecular flexibility index (Phi) is 7.01. The van der Waals surface area contributed by atoms with Crippen LogP contribution in [0.2, 0.25) is 0 Å². The third-order valence-electron chi connectivity index (χ3n) is 6.81. The first-order valence-electron chi connectivity index (χ1n) is 11.9. The Morgan fingerprint density at radius 1 is 1.00 bits per heavy atom. The summed E-state index contributed by atoms with van der Waals surface area (Å²) in [4.78, 5) is 27.0. The lowest BCUT2D eigenvalue weighted by Gasteiger charge is -2.37. The van der Waals surface area contributed by atoms with Gasteiger partial charge in [-0.3, -0.25) is 9.59 Å². The maximum atomic E-state index is 13.5. The van der Waals surface area contributed by atoms with Crippen LogP contribution in [0.1, 0.15) is 37.8 Å². The van der Waals surface area contributed by atoms with Gasteiger partial charge >= 0.3 is 5.97 Å². The van der Waals surface area contributed by atoms with Crippen LogP contribution in [0.25, 0.3) is 10.8 Å². The van der Waals surface area contributed by atoms with Gasteiger partial charge in [-0.1, -0.05) is 50.2 Å². The van der Waals surface area contributed by atoms with Crippen molar-refractivity contribution in [2.45, 2.75) is 39.7 Å². The topological polar surface area (TPSA) is 76.1 Å². The highest BCUT2D eigenvalue weighted by atomic mass is 16.5. The molecule has 4 rings (SSSR count). The molecular formula is C29H33NO5. The molecule has 184 valence electrons. The van der Waals surface area contributed by atoms with E-state index in [4.69, 9.17) is 9.47 Å². The fourth-order valence-electron chi connectivity index (χ4n) is 5.16. The van der Waals surface area contributed by atoms with Crippen molar-refractivity contribution in [3.05, 3.63) is 65.7 Å². The van der Waals surface area contributed by atoms with E-state index in [1.54, 1.807) is 14.2 Å². The second-order valence-electron chi connectivity index (χ2n) is 10.1. The van der Waals surface area contributed by atoms with E-state index in [1.165, 1.54) is 5.56 Å². The van der Waals surface area contributed by atoms with Crippen molar-refractivity contribution in [1.29, 1.82) is 0 Å². The third kappa shape index (κ3) is 5.42. The number of fused-ring (bicyclic) bond motifs is 3. The molecule has 1 N–H and O–H groups in total. The van der Waals surface area contributed by atoms with Crippen LogP contribution >= 0.6 is 0 Å². The van der Waals surface area contributed by atoms with Crippen LogP contribution in [0.3, 0.4) is 0 Å². The summed E-state index contributed by atoms with van der Waals surface area (Å²) in [6.45, 7) is 4.91. The fourth-order valence-corrected chi connectivity index (χ4v) is 5.16. The molecule has 0 fully saturated rings. The third-order valence-corrected chi connectivity index (χ3v) is 6.81. The predicted molar refractivity (Wildman–Crippen MR) is 137 cm³/mol. The molecule has 0 spiro atoms. The highest BCUT2D eigenvalue weighted by molar-refractivity contribution is 5.93. The lowest BCUT2D eigenvalue weighted by molar-refractivity contribution is -0.139. The minimum atomic E-state index is -0.877. The van der Waals surface area contributed by atoms with Gasteiger partial charge in [0.05, 0.1) is 20.6 Å². The van der Waals surface area contributed by atoms with Crippen LogP contribution in [0.5, 0.6) is 11.5 Å². The van der Waals surface area contributed by atoms with Crippen molar-refractivity contribution in [3.63, 3.8) is 0 Å². The number of hydrogen-bond donors (Lipinski definition) is 1. The Labute approximate surface area is 206 Å². The van der Waals surface area contributed by atoms with E-state index in [0.717, 1.165) is 22.0 Å². The number of ketones is 1. The monoisotopic (exact) mass is 475 g/mol. The quantitative estimate of drug-likeness (QED) is 0.441. The SMILES string of the molecule is COc1ccc(CN2CC(C(=O)CC(C)(C)CC(=O)O)Cc3c2ccc2ccccc32)cc1OC. The highest BCUT2D eigenvalue weighted by Crippen LogP contribution is 2.39. The Morgan fingerprint density at radius 3 is 2.46 bits per heavy atom. The molecule has 1 unspecified atom stereocenters. The smallest absolute Gasteiger partial charge is 0.303 e. The molecule has 3 aromatic rings. The van der Waals surface area contributed by atoms with Crippen LogP contribution in [-0.4, -0.2) is 37.6 Å². The number of carbonyl (C=O) groups excluding carboxylic acids is 1. The summed E-state index contributed by atoms with van der Waals surface area (Å²) >= 11 is 0. The van der Waals surface area contributed by atoms with Crippen LogP contribution in [-0.2, 0) is 22.6 Å². The van der Waals surface area contributed by atoms with Crippen molar-refractivity contribution in [2.75, 3.05) is 25.7 Å². The number of rotatable bonds is 9. The number of nitrogens with zero attached hydrogens (tertiary/aromatic N) is 1. The summed E-state index contributed by atoms with van der Waals surface area (Å²) in [7, 11) is 3.24. The number of aliphatic carboxylic acids is 1.